The molecule has 2 aromatic heterocycles. The zero-order valence-electron chi connectivity index (χ0n) is 41.4. The number of nitrogens with zero attached hydrogens (tertiary/aromatic N) is 3. The van der Waals surface area contributed by atoms with Crippen molar-refractivity contribution in [1.82, 2.24) is 9.13 Å². The summed E-state index contributed by atoms with van der Waals surface area (Å²) in [4.78, 5) is 2.50. The second-order valence-electron chi connectivity index (χ2n) is 20.1. The van der Waals surface area contributed by atoms with Crippen LogP contribution >= 0.6 is 0 Å². The van der Waals surface area contributed by atoms with Crippen molar-refractivity contribution in [2.24, 2.45) is 0 Å². The number of rotatable bonds is 8. The molecule has 352 valence electrons. The number of fused-ring (bicyclic) bond motifs is 11. The van der Waals surface area contributed by atoms with E-state index in [1.807, 2.05) is 0 Å². The van der Waals surface area contributed by atoms with Gasteiger partial charge in [-0.05, 0) is 129 Å². The summed E-state index contributed by atoms with van der Waals surface area (Å²) in [6, 6.07) is 103. The molecule has 3 nitrogen and oxygen atoms in total. The van der Waals surface area contributed by atoms with E-state index in [0.29, 0.717) is 0 Å². The van der Waals surface area contributed by atoms with Gasteiger partial charge >= 0.3 is 0 Å². The first-order valence-corrected chi connectivity index (χ1v) is 26.0. The number of aromatic nitrogens is 2. The molecule has 1 atom stereocenters. The molecule has 0 saturated heterocycles. The second-order valence-corrected chi connectivity index (χ2v) is 20.1. The summed E-state index contributed by atoms with van der Waals surface area (Å²) in [5.41, 5.74) is 20.9. The van der Waals surface area contributed by atoms with Gasteiger partial charge in [0.2, 0.25) is 0 Å². The van der Waals surface area contributed by atoms with Crippen LogP contribution in [0.4, 0.5) is 17.1 Å². The molecule has 75 heavy (non-hydrogen) atoms. The third-order valence-electron chi connectivity index (χ3n) is 16.2. The topological polar surface area (TPSA) is 13.1 Å². The first-order valence-electron chi connectivity index (χ1n) is 26.0. The predicted octanol–water partition coefficient (Wildman–Crippen LogP) is 19.2. The minimum absolute atomic E-state index is 0.499. The van der Waals surface area contributed by atoms with Crippen LogP contribution in [0.1, 0.15) is 23.6 Å². The molecule has 0 saturated carbocycles. The molecular weight excluding hydrogens is 907 g/mol. The second kappa shape index (κ2) is 16.9. The van der Waals surface area contributed by atoms with Gasteiger partial charge in [-0.25, -0.2) is 0 Å². The molecule has 12 aromatic carbocycles. The van der Waals surface area contributed by atoms with Gasteiger partial charge in [0.05, 0.1) is 33.4 Å². The SMILES string of the molecule is CC1(c2ccc3ccccc3c2)c2cc(-c3ccccc3N(c3ccc(-c4ccccc4)cc3)c3cccc4c5ccccc5n(-c5ccccc5)c34)ccc2-c2c1ccc1c3ccccc3n(-c3ccccc3)c21. The highest BCUT2D eigenvalue weighted by molar-refractivity contribution is 6.17. The maximum Gasteiger partial charge on any atom is 0.0782 e. The van der Waals surface area contributed by atoms with E-state index in [4.69, 9.17) is 0 Å². The fourth-order valence-corrected chi connectivity index (χ4v) is 12.7. The number of hydrogen-bond donors (Lipinski definition) is 0. The maximum atomic E-state index is 2.52. The van der Waals surface area contributed by atoms with Crippen molar-refractivity contribution in [3.63, 3.8) is 0 Å². The predicted molar refractivity (Wildman–Crippen MR) is 316 cm³/mol. The minimum Gasteiger partial charge on any atom is -0.309 e. The Labute approximate surface area is 436 Å². The van der Waals surface area contributed by atoms with Crippen LogP contribution in [0.5, 0.6) is 0 Å². The highest BCUT2D eigenvalue weighted by atomic mass is 15.2. The zero-order valence-corrected chi connectivity index (χ0v) is 41.4. The molecule has 1 aliphatic rings. The first kappa shape index (κ1) is 42.9. The van der Waals surface area contributed by atoms with Gasteiger partial charge in [-0.15, -0.1) is 0 Å². The third-order valence-corrected chi connectivity index (χ3v) is 16.2. The van der Waals surface area contributed by atoms with Crippen LogP contribution in [0.2, 0.25) is 0 Å². The summed E-state index contributed by atoms with van der Waals surface area (Å²) in [7, 11) is 0. The summed E-state index contributed by atoms with van der Waals surface area (Å²) in [5, 5.41) is 7.41. The van der Waals surface area contributed by atoms with Gasteiger partial charge in [-0.2, -0.15) is 0 Å². The monoisotopic (exact) mass is 955 g/mol. The van der Waals surface area contributed by atoms with Gasteiger partial charge in [0.15, 0.2) is 0 Å². The summed E-state index contributed by atoms with van der Waals surface area (Å²) in [5.74, 6) is 0. The molecule has 2 heterocycles. The molecule has 0 amide bonds. The van der Waals surface area contributed by atoms with Crippen LogP contribution in [0, 0.1) is 0 Å². The Bertz CT molecular complexity index is 4530. The van der Waals surface area contributed by atoms with E-state index in [1.54, 1.807) is 0 Å². The van der Waals surface area contributed by atoms with E-state index in [2.05, 4.69) is 300 Å². The van der Waals surface area contributed by atoms with Crippen molar-refractivity contribution in [1.29, 1.82) is 0 Å². The zero-order chi connectivity index (χ0) is 49.6. The molecule has 3 heteroatoms. The van der Waals surface area contributed by atoms with Crippen LogP contribution in [0.15, 0.2) is 279 Å². The van der Waals surface area contributed by atoms with Crippen LogP contribution < -0.4 is 4.90 Å². The van der Waals surface area contributed by atoms with Crippen LogP contribution in [0.25, 0.3) is 99.1 Å². The third kappa shape index (κ3) is 6.54. The van der Waals surface area contributed by atoms with Crippen molar-refractivity contribution >= 4 is 71.4 Å². The van der Waals surface area contributed by atoms with Crippen molar-refractivity contribution in [2.75, 3.05) is 4.90 Å². The Hall–Kier alpha value is -9.70. The van der Waals surface area contributed by atoms with E-state index in [-0.39, 0.29) is 0 Å². The average molecular weight is 956 g/mol. The largest absolute Gasteiger partial charge is 0.309 e. The Morgan fingerprint density at radius 1 is 0.333 bits per heavy atom. The molecule has 0 spiro atoms. The van der Waals surface area contributed by atoms with E-state index < -0.39 is 5.41 Å². The maximum absolute atomic E-state index is 2.52. The fourth-order valence-electron chi connectivity index (χ4n) is 12.7. The first-order chi connectivity index (χ1) is 37.1. The van der Waals surface area contributed by atoms with Crippen LogP contribution in [0.3, 0.4) is 0 Å². The van der Waals surface area contributed by atoms with Gasteiger partial charge in [-0.1, -0.05) is 206 Å². The normalized spacial score (nSPS) is 14.0. The standard InChI is InChI=1S/C72H49N3/c1-72(53-40-36-49-22-11-12-23-51(49)46-53)63-45-44-61-59-30-15-18-34-67(59)75(55-26-9-4-10-27-55)71(61)69(63)62-43-39-52(47-64(62)72)57-28-13-16-32-65(57)73(56-41-37-50(38-42-56)48-20-5-2-6-21-48)68-35-19-31-60-58-29-14-17-33-66(58)74(70(60)68)54-24-7-3-8-25-54/h2-47H,1H3. The highest BCUT2D eigenvalue weighted by Crippen LogP contribution is 2.57. The summed E-state index contributed by atoms with van der Waals surface area (Å²) < 4.78 is 4.95. The quantitative estimate of drug-likeness (QED) is 0.148. The van der Waals surface area contributed by atoms with E-state index in [1.165, 1.54) is 87.8 Å². The van der Waals surface area contributed by atoms with Crippen LogP contribution in [-0.2, 0) is 5.41 Å². The molecule has 0 radical (unpaired) electrons. The molecule has 0 aliphatic heterocycles. The lowest BCUT2D eigenvalue weighted by molar-refractivity contribution is 0.716. The molecule has 14 aromatic rings. The molecule has 0 fully saturated rings. The summed E-state index contributed by atoms with van der Waals surface area (Å²) in [6.45, 7) is 2.46. The van der Waals surface area contributed by atoms with Crippen molar-refractivity contribution < 1.29 is 0 Å². The van der Waals surface area contributed by atoms with Gasteiger partial charge < -0.3 is 14.0 Å². The molecule has 15 rings (SSSR count). The Morgan fingerprint density at radius 3 is 1.60 bits per heavy atom. The smallest absolute Gasteiger partial charge is 0.0782 e. The van der Waals surface area contributed by atoms with Crippen molar-refractivity contribution in [3.8, 4) is 44.8 Å². The number of anilines is 3. The van der Waals surface area contributed by atoms with E-state index in [0.717, 1.165) is 45.1 Å². The molecule has 1 unspecified atom stereocenters. The number of para-hydroxylation sites is 6. The van der Waals surface area contributed by atoms with E-state index in [9.17, 15) is 0 Å². The highest BCUT2D eigenvalue weighted by Gasteiger charge is 2.43. The number of hydrogen-bond acceptors (Lipinski definition) is 1. The number of benzene rings is 12. The van der Waals surface area contributed by atoms with Gasteiger partial charge in [0.1, 0.15) is 0 Å². The van der Waals surface area contributed by atoms with Gasteiger partial charge in [-0.3, -0.25) is 0 Å². The molecule has 0 N–H and O–H groups in total. The van der Waals surface area contributed by atoms with Crippen molar-refractivity contribution in [2.45, 2.75) is 12.3 Å². The lowest BCUT2D eigenvalue weighted by Gasteiger charge is -2.31. The van der Waals surface area contributed by atoms with Gasteiger partial charge in [0, 0.05) is 55.1 Å². The fraction of sp³-hybridized carbons (Fsp3) is 0.0278. The molecular formula is C72H49N3. The lowest BCUT2D eigenvalue weighted by atomic mass is 9.73. The average Bonchev–Trinajstić information content (AvgIpc) is 4.27. The van der Waals surface area contributed by atoms with Gasteiger partial charge in [0.25, 0.3) is 0 Å². The molecule has 0 bridgehead atoms. The summed E-state index contributed by atoms with van der Waals surface area (Å²) in [6.07, 6.45) is 0. The minimum atomic E-state index is -0.499. The summed E-state index contributed by atoms with van der Waals surface area (Å²) >= 11 is 0. The van der Waals surface area contributed by atoms with E-state index >= 15 is 0 Å². The Balaban J connectivity index is 0.997. The van der Waals surface area contributed by atoms with Crippen LogP contribution in [-0.4, -0.2) is 9.13 Å². The Kier molecular flexibility index (Phi) is 9.70. The van der Waals surface area contributed by atoms with Crippen molar-refractivity contribution in [3.05, 3.63) is 296 Å². The Morgan fingerprint density at radius 2 is 0.880 bits per heavy atom. The lowest BCUT2D eigenvalue weighted by Crippen LogP contribution is -2.22. The molecule has 1 aliphatic carbocycles.